The van der Waals surface area contributed by atoms with E-state index in [1.54, 1.807) is 4.90 Å². The van der Waals surface area contributed by atoms with Crippen LogP contribution >= 0.6 is 0 Å². The minimum Gasteiger partial charge on any atom is -0.342 e. The zero-order valence-corrected chi connectivity index (χ0v) is 10.9. The summed E-state index contributed by atoms with van der Waals surface area (Å²) < 4.78 is 0. The van der Waals surface area contributed by atoms with Crippen LogP contribution in [0.2, 0.25) is 0 Å². The number of carbonyl (C=O) groups is 2. The highest BCUT2D eigenvalue weighted by Gasteiger charge is 2.19. The van der Waals surface area contributed by atoms with Gasteiger partial charge in [-0.3, -0.25) is 9.59 Å². The molecule has 1 fully saturated rings. The quantitative estimate of drug-likeness (QED) is 0.501. The van der Waals surface area contributed by atoms with Crippen molar-refractivity contribution in [1.82, 2.24) is 9.80 Å². The van der Waals surface area contributed by atoms with Crippen LogP contribution in [0, 0.1) is 0 Å². The maximum atomic E-state index is 11.8. The number of hydrogen-bond acceptors (Lipinski definition) is 2. The highest BCUT2D eigenvalue weighted by molar-refractivity contribution is 5.76. The van der Waals surface area contributed by atoms with Crippen LogP contribution in [0.1, 0.15) is 45.4 Å². The Hall–Kier alpha value is -1.06. The summed E-state index contributed by atoms with van der Waals surface area (Å²) in [5.74, 6) is 0.257. The minimum atomic E-state index is 0.257. The van der Waals surface area contributed by atoms with Crippen LogP contribution in [0.3, 0.4) is 0 Å². The van der Waals surface area contributed by atoms with Crippen molar-refractivity contribution in [2.75, 3.05) is 26.2 Å². The number of carbonyl (C=O) groups excluding carboxylic acids is 2. The first-order valence-electron chi connectivity index (χ1n) is 6.75. The second-order valence-electron chi connectivity index (χ2n) is 4.69. The van der Waals surface area contributed by atoms with Crippen LogP contribution in [0.5, 0.6) is 0 Å². The molecule has 1 aliphatic heterocycles. The van der Waals surface area contributed by atoms with Crippen LogP contribution in [0.25, 0.3) is 0 Å². The Balaban J connectivity index is 2.10. The second-order valence-corrected chi connectivity index (χ2v) is 4.69. The van der Waals surface area contributed by atoms with Crippen molar-refractivity contribution in [2.24, 2.45) is 0 Å². The Kier molecular flexibility index (Phi) is 6.67. The Morgan fingerprint density at radius 1 is 1.06 bits per heavy atom. The van der Waals surface area contributed by atoms with Crippen LogP contribution in [-0.2, 0) is 9.59 Å². The molecule has 17 heavy (non-hydrogen) atoms. The molecule has 0 aromatic heterocycles. The van der Waals surface area contributed by atoms with Gasteiger partial charge in [0, 0.05) is 32.6 Å². The topological polar surface area (TPSA) is 40.6 Å². The molecule has 0 aromatic carbocycles. The number of hydrogen-bond donors (Lipinski definition) is 0. The lowest BCUT2D eigenvalue weighted by atomic mass is 10.1. The molecular weight excluding hydrogens is 216 g/mol. The molecule has 0 unspecified atom stereocenters. The molecule has 2 amide bonds. The Morgan fingerprint density at radius 3 is 2.29 bits per heavy atom. The molecule has 4 heteroatoms. The summed E-state index contributed by atoms with van der Waals surface area (Å²) in [7, 11) is 0. The number of piperazine rings is 1. The molecule has 98 valence electrons. The fourth-order valence-electron chi connectivity index (χ4n) is 2.11. The van der Waals surface area contributed by atoms with Gasteiger partial charge in [0.2, 0.25) is 12.3 Å². The van der Waals surface area contributed by atoms with E-state index in [0.29, 0.717) is 32.6 Å². The molecule has 0 radical (unpaired) electrons. The zero-order valence-electron chi connectivity index (χ0n) is 10.9. The predicted octanol–water partition coefficient (Wildman–Crippen LogP) is 1.65. The highest BCUT2D eigenvalue weighted by Crippen LogP contribution is 2.08. The first-order chi connectivity index (χ1) is 8.27. The summed E-state index contributed by atoms with van der Waals surface area (Å²) in [5, 5.41) is 0. The molecule has 0 saturated carbocycles. The van der Waals surface area contributed by atoms with Gasteiger partial charge in [0.25, 0.3) is 0 Å². The van der Waals surface area contributed by atoms with Crippen molar-refractivity contribution < 1.29 is 9.59 Å². The number of rotatable bonds is 7. The molecule has 0 bridgehead atoms. The van der Waals surface area contributed by atoms with Gasteiger partial charge in [-0.15, -0.1) is 0 Å². The van der Waals surface area contributed by atoms with Gasteiger partial charge in [0.15, 0.2) is 0 Å². The van der Waals surface area contributed by atoms with Crippen LogP contribution < -0.4 is 0 Å². The van der Waals surface area contributed by atoms with E-state index in [2.05, 4.69) is 6.92 Å². The Labute approximate surface area is 104 Å². The summed E-state index contributed by atoms with van der Waals surface area (Å²) in [4.78, 5) is 26.0. The van der Waals surface area contributed by atoms with E-state index in [1.165, 1.54) is 19.3 Å². The molecule has 1 saturated heterocycles. The van der Waals surface area contributed by atoms with Gasteiger partial charge in [0.05, 0.1) is 0 Å². The predicted molar refractivity (Wildman–Crippen MR) is 67.6 cm³/mol. The maximum absolute atomic E-state index is 11.8. The molecule has 0 N–H and O–H groups in total. The zero-order chi connectivity index (χ0) is 12.5. The van der Waals surface area contributed by atoms with E-state index < -0.39 is 0 Å². The Bertz CT molecular complexity index is 236. The average Bonchev–Trinajstić information content (AvgIpc) is 2.38. The van der Waals surface area contributed by atoms with Crippen molar-refractivity contribution in [2.45, 2.75) is 45.4 Å². The molecular formula is C13H24N2O2. The van der Waals surface area contributed by atoms with Crippen molar-refractivity contribution in [3.63, 3.8) is 0 Å². The number of unbranched alkanes of at least 4 members (excludes halogenated alkanes) is 4. The summed E-state index contributed by atoms with van der Waals surface area (Å²) in [6, 6.07) is 0. The smallest absolute Gasteiger partial charge is 0.222 e. The van der Waals surface area contributed by atoms with E-state index in [4.69, 9.17) is 0 Å². The third-order valence-corrected chi connectivity index (χ3v) is 3.31. The number of nitrogens with zero attached hydrogens (tertiary/aromatic N) is 2. The molecule has 0 spiro atoms. The highest BCUT2D eigenvalue weighted by atomic mass is 16.2. The molecule has 1 aliphatic rings. The van der Waals surface area contributed by atoms with Gasteiger partial charge >= 0.3 is 0 Å². The molecule has 4 nitrogen and oxygen atoms in total. The van der Waals surface area contributed by atoms with Crippen molar-refractivity contribution in [3.05, 3.63) is 0 Å². The monoisotopic (exact) mass is 240 g/mol. The SMILES string of the molecule is CCCCCCCC(=O)N1CCN(C=O)CC1. The van der Waals surface area contributed by atoms with Gasteiger partial charge in [0.1, 0.15) is 0 Å². The van der Waals surface area contributed by atoms with Crippen molar-refractivity contribution >= 4 is 12.3 Å². The fraction of sp³-hybridized carbons (Fsp3) is 0.846. The molecule has 1 rings (SSSR count). The first kappa shape index (κ1) is 14.0. The molecule has 1 heterocycles. The summed E-state index contributed by atoms with van der Waals surface area (Å²) >= 11 is 0. The van der Waals surface area contributed by atoms with E-state index in [-0.39, 0.29) is 5.91 Å². The normalized spacial score (nSPS) is 16.1. The third-order valence-electron chi connectivity index (χ3n) is 3.31. The maximum Gasteiger partial charge on any atom is 0.222 e. The van der Waals surface area contributed by atoms with Gasteiger partial charge in [-0.1, -0.05) is 32.6 Å². The summed E-state index contributed by atoms with van der Waals surface area (Å²) in [6.07, 6.45) is 7.45. The van der Waals surface area contributed by atoms with E-state index in [9.17, 15) is 9.59 Å². The van der Waals surface area contributed by atoms with Crippen LogP contribution in [0.4, 0.5) is 0 Å². The van der Waals surface area contributed by atoms with Crippen LogP contribution in [-0.4, -0.2) is 48.3 Å². The van der Waals surface area contributed by atoms with Gasteiger partial charge in [-0.2, -0.15) is 0 Å². The van der Waals surface area contributed by atoms with Crippen LogP contribution in [0.15, 0.2) is 0 Å². The van der Waals surface area contributed by atoms with E-state index in [1.807, 2.05) is 4.90 Å². The van der Waals surface area contributed by atoms with Gasteiger partial charge in [-0.05, 0) is 6.42 Å². The minimum absolute atomic E-state index is 0.257. The number of amides is 2. The fourth-order valence-corrected chi connectivity index (χ4v) is 2.11. The largest absolute Gasteiger partial charge is 0.342 e. The van der Waals surface area contributed by atoms with E-state index >= 15 is 0 Å². The third kappa shape index (κ3) is 5.20. The summed E-state index contributed by atoms with van der Waals surface area (Å²) in [5.41, 5.74) is 0. The van der Waals surface area contributed by atoms with Gasteiger partial charge < -0.3 is 9.80 Å². The summed E-state index contributed by atoms with van der Waals surface area (Å²) in [6.45, 7) is 4.97. The second kappa shape index (κ2) is 8.09. The molecule has 0 aromatic rings. The molecule has 0 atom stereocenters. The standard InChI is InChI=1S/C13H24N2O2/c1-2-3-4-5-6-7-13(17)15-10-8-14(12-16)9-11-15/h12H,2-11H2,1H3. The van der Waals surface area contributed by atoms with E-state index in [0.717, 1.165) is 19.3 Å². The van der Waals surface area contributed by atoms with Crippen molar-refractivity contribution in [1.29, 1.82) is 0 Å². The average molecular weight is 240 g/mol. The Morgan fingerprint density at radius 2 is 1.71 bits per heavy atom. The molecule has 0 aliphatic carbocycles. The lowest BCUT2D eigenvalue weighted by Crippen LogP contribution is -2.48. The lowest BCUT2D eigenvalue weighted by Gasteiger charge is -2.32. The van der Waals surface area contributed by atoms with Gasteiger partial charge in [-0.25, -0.2) is 0 Å². The first-order valence-corrected chi connectivity index (χ1v) is 6.75. The lowest BCUT2D eigenvalue weighted by molar-refractivity contribution is -0.135. The van der Waals surface area contributed by atoms with Crippen molar-refractivity contribution in [3.8, 4) is 0 Å².